The van der Waals surface area contributed by atoms with Crippen LogP contribution < -0.4 is 6.15 Å². The second-order valence-corrected chi connectivity index (χ2v) is 6.92. The topological polar surface area (TPSA) is 35.0 Å². The molecule has 0 aliphatic rings. The number of hydrogen-bond acceptors (Lipinski definition) is 1. The van der Waals surface area contributed by atoms with Crippen molar-refractivity contribution in [2.75, 3.05) is 0 Å². The maximum atomic E-state index is 2.29. The number of hydrogen-bond donors (Lipinski definition) is 1. The molecule has 1 nitrogen and oxygen atoms in total. The van der Waals surface area contributed by atoms with Crippen LogP contribution in [0.5, 0.6) is 0 Å². The van der Waals surface area contributed by atoms with Crippen LogP contribution in [-0.2, 0) is 6.42 Å². The fourth-order valence-corrected chi connectivity index (χ4v) is 3.22. The van der Waals surface area contributed by atoms with E-state index in [9.17, 15) is 0 Å². The van der Waals surface area contributed by atoms with Crippen LogP contribution in [0.4, 0.5) is 0 Å². The molecule has 0 heterocycles. The molecule has 1 heteroatoms. The second kappa shape index (κ2) is 16.1. The van der Waals surface area contributed by atoms with Crippen molar-refractivity contribution in [3.05, 3.63) is 35.4 Å². The van der Waals surface area contributed by atoms with Gasteiger partial charge in [-0.15, -0.1) is 0 Å². The summed E-state index contributed by atoms with van der Waals surface area (Å²) in [5.41, 5.74) is 3.01. The Bertz CT molecular complexity index is 359. The summed E-state index contributed by atoms with van der Waals surface area (Å²) < 4.78 is 0. The molecule has 0 saturated heterocycles. The minimum Gasteiger partial charge on any atom is -0.344 e. The third-order valence-electron chi connectivity index (χ3n) is 4.81. The van der Waals surface area contributed by atoms with Crippen molar-refractivity contribution >= 4 is 0 Å². The molecule has 0 aliphatic heterocycles. The van der Waals surface area contributed by atoms with Gasteiger partial charge in [0.05, 0.1) is 0 Å². The number of benzene rings is 1. The lowest BCUT2D eigenvalue weighted by atomic mass is 10.0. The largest absolute Gasteiger partial charge is 0.344 e. The molecule has 0 saturated carbocycles. The molecule has 23 heavy (non-hydrogen) atoms. The van der Waals surface area contributed by atoms with Gasteiger partial charge in [-0.2, -0.15) is 0 Å². The van der Waals surface area contributed by atoms with Gasteiger partial charge in [-0.05, 0) is 30.9 Å². The van der Waals surface area contributed by atoms with Crippen molar-refractivity contribution in [3.63, 3.8) is 0 Å². The molecule has 0 aromatic heterocycles. The van der Waals surface area contributed by atoms with Gasteiger partial charge in [0.2, 0.25) is 0 Å². The monoisotopic (exact) mass is 319 g/mol. The fourth-order valence-electron chi connectivity index (χ4n) is 3.22. The third-order valence-corrected chi connectivity index (χ3v) is 4.81. The Labute approximate surface area is 145 Å². The van der Waals surface area contributed by atoms with Gasteiger partial charge < -0.3 is 6.15 Å². The fraction of sp³-hybridized carbons (Fsp3) is 0.727. The SMILES string of the molecule is CCCCCCCCCCCCCCCc1ccccc1C.N. The number of rotatable bonds is 14. The lowest BCUT2D eigenvalue weighted by molar-refractivity contribution is 0.539. The second-order valence-electron chi connectivity index (χ2n) is 6.92. The van der Waals surface area contributed by atoms with Crippen LogP contribution in [-0.4, -0.2) is 0 Å². The number of aryl methyl sites for hydroxylation is 2. The first-order valence-electron chi connectivity index (χ1n) is 9.89. The Hall–Kier alpha value is -0.820. The van der Waals surface area contributed by atoms with E-state index in [1.165, 1.54) is 95.5 Å². The molecule has 0 bridgehead atoms. The predicted molar refractivity (Wildman–Crippen MR) is 106 cm³/mol. The van der Waals surface area contributed by atoms with E-state index < -0.39 is 0 Å². The third kappa shape index (κ3) is 12.3. The first-order valence-corrected chi connectivity index (χ1v) is 9.89. The summed E-state index contributed by atoms with van der Waals surface area (Å²) in [6.45, 7) is 4.53. The molecule has 0 aliphatic carbocycles. The highest BCUT2D eigenvalue weighted by Crippen LogP contribution is 2.15. The van der Waals surface area contributed by atoms with E-state index in [-0.39, 0.29) is 6.15 Å². The molecule has 0 atom stereocenters. The Morgan fingerprint density at radius 2 is 1.04 bits per heavy atom. The van der Waals surface area contributed by atoms with Gasteiger partial charge in [0, 0.05) is 0 Å². The normalized spacial score (nSPS) is 10.5. The molecule has 1 aromatic carbocycles. The van der Waals surface area contributed by atoms with E-state index in [2.05, 4.69) is 38.1 Å². The summed E-state index contributed by atoms with van der Waals surface area (Å²) in [7, 11) is 0. The van der Waals surface area contributed by atoms with Crippen LogP contribution in [0.2, 0.25) is 0 Å². The average molecular weight is 320 g/mol. The Balaban J connectivity index is 0.00000484. The van der Waals surface area contributed by atoms with Crippen molar-refractivity contribution < 1.29 is 0 Å². The highest BCUT2D eigenvalue weighted by Gasteiger charge is 1.97. The van der Waals surface area contributed by atoms with E-state index in [1.54, 1.807) is 5.56 Å². The summed E-state index contributed by atoms with van der Waals surface area (Å²) in [5.74, 6) is 0. The molecule has 0 fully saturated rings. The van der Waals surface area contributed by atoms with E-state index in [1.807, 2.05) is 0 Å². The molecular weight excluding hydrogens is 278 g/mol. The molecule has 134 valence electrons. The summed E-state index contributed by atoms with van der Waals surface area (Å²) >= 11 is 0. The van der Waals surface area contributed by atoms with Gasteiger partial charge in [0.25, 0.3) is 0 Å². The summed E-state index contributed by atoms with van der Waals surface area (Å²) in [6, 6.07) is 8.83. The van der Waals surface area contributed by atoms with E-state index in [4.69, 9.17) is 0 Å². The molecule has 0 spiro atoms. The Morgan fingerprint density at radius 1 is 0.609 bits per heavy atom. The Kier molecular flexibility index (Phi) is 15.5. The maximum Gasteiger partial charge on any atom is -0.0276 e. The summed E-state index contributed by atoms with van der Waals surface area (Å²) in [6.07, 6.45) is 20.0. The van der Waals surface area contributed by atoms with Crippen molar-refractivity contribution in [2.24, 2.45) is 0 Å². The minimum absolute atomic E-state index is 0. The number of unbranched alkanes of at least 4 members (excludes halogenated alkanes) is 12. The van der Waals surface area contributed by atoms with E-state index >= 15 is 0 Å². The van der Waals surface area contributed by atoms with Crippen LogP contribution in [0.3, 0.4) is 0 Å². The molecule has 3 N–H and O–H groups in total. The van der Waals surface area contributed by atoms with E-state index in [0.29, 0.717) is 0 Å². The van der Waals surface area contributed by atoms with Crippen LogP contribution in [0.25, 0.3) is 0 Å². The van der Waals surface area contributed by atoms with Crippen molar-refractivity contribution in [2.45, 2.75) is 104 Å². The van der Waals surface area contributed by atoms with Crippen molar-refractivity contribution in [1.29, 1.82) is 0 Å². The minimum atomic E-state index is 0. The van der Waals surface area contributed by atoms with Crippen molar-refractivity contribution in [3.8, 4) is 0 Å². The van der Waals surface area contributed by atoms with E-state index in [0.717, 1.165) is 0 Å². The van der Waals surface area contributed by atoms with Gasteiger partial charge in [0.15, 0.2) is 0 Å². The molecule has 0 radical (unpaired) electrons. The molecular formula is C22H41N. The summed E-state index contributed by atoms with van der Waals surface area (Å²) in [5, 5.41) is 0. The van der Waals surface area contributed by atoms with Gasteiger partial charge in [-0.25, -0.2) is 0 Å². The highest BCUT2D eigenvalue weighted by molar-refractivity contribution is 5.25. The van der Waals surface area contributed by atoms with Gasteiger partial charge in [0.1, 0.15) is 0 Å². The van der Waals surface area contributed by atoms with Crippen LogP contribution in [0, 0.1) is 6.92 Å². The predicted octanol–water partition coefficient (Wildman–Crippen LogP) is 7.79. The van der Waals surface area contributed by atoms with Crippen LogP contribution in [0.15, 0.2) is 24.3 Å². The molecule has 1 rings (SSSR count). The zero-order chi connectivity index (χ0) is 15.9. The summed E-state index contributed by atoms with van der Waals surface area (Å²) in [4.78, 5) is 0. The first kappa shape index (κ1) is 22.2. The zero-order valence-electron chi connectivity index (χ0n) is 15.9. The van der Waals surface area contributed by atoms with Gasteiger partial charge >= 0.3 is 0 Å². The average Bonchev–Trinajstić information content (AvgIpc) is 2.53. The quantitative estimate of drug-likeness (QED) is 0.349. The molecule has 1 aromatic rings. The van der Waals surface area contributed by atoms with Crippen molar-refractivity contribution in [1.82, 2.24) is 6.15 Å². The standard InChI is InChI=1S/C22H38.H3N/c1-3-4-5-6-7-8-9-10-11-12-13-14-15-19-22-20-17-16-18-21(22)2;/h16-18,20H,3-15,19H2,1-2H3;1H3. The highest BCUT2D eigenvalue weighted by atomic mass is 14.0. The lowest BCUT2D eigenvalue weighted by Gasteiger charge is -2.05. The Morgan fingerprint density at radius 3 is 1.52 bits per heavy atom. The van der Waals surface area contributed by atoms with Gasteiger partial charge in [-0.3, -0.25) is 0 Å². The lowest BCUT2D eigenvalue weighted by Crippen LogP contribution is -1.89. The first-order chi connectivity index (χ1) is 10.8. The molecule has 0 amide bonds. The zero-order valence-corrected chi connectivity index (χ0v) is 15.9. The maximum absolute atomic E-state index is 2.29. The smallest absolute Gasteiger partial charge is 0.0276 e. The molecule has 0 unspecified atom stereocenters. The van der Waals surface area contributed by atoms with Crippen LogP contribution >= 0.6 is 0 Å². The van der Waals surface area contributed by atoms with Crippen LogP contribution in [0.1, 0.15) is 102 Å². The van der Waals surface area contributed by atoms with Gasteiger partial charge in [-0.1, -0.05) is 108 Å².